The number of carbonyl (C=O) groups excluding carboxylic acids is 1. The SMILES string of the molecule is CC1CC(=O)c2c(OCc3cc(=O)n4ccccc4n3)ccc(F)c21. The Bertz CT molecular complexity index is 1060. The van der Waals surface area contributed by atoms with Gasteiger partial charge >= 0.3 is 0 Å². The van der Waals surface area contributed by atoms with Crippen LogP contribution < -0.4 is 10.3 Å². The minimum absolute atomic E-state index is 0.0281. The molecule has 0 amide bonds. The predicted octanol–water partition coefficient (Wildman–Crippen LogP) is 3.10. The van der Waals surface area contributed by atoms with Gasteiger partial charge in [0, 0.05) is 24.2 Å². The van der Waals surface area contributed by atoms with Gasteiger partial charge in [0.1, 0.15) is 23.8 Å². The van der Waals surface area contributed by atoms with Crippen LogP contribution in [-0.2, 0) is 6.61 Å². The summed E-state index contributed by atoms with van der Waals surface area (Å²) in [6.07, 6.45) is 1.92. The maximum absolute atomic E-state index is 14.0. The molecule has 6 heteroatoms. The summed E-state index contributed by atoms with van der Waals surface area (Å²) >= 11 is 0. The lowest BCUT2D eigenvalue weighted by molar-refractivity contribution is 0.0986. The third-order valence-electron chi connectivity index (χ3n) is 4.42. The molecule has 0 N–H and O–H groups in total. The van der Waals surface area contributed by atoms with Crippen molar-refractivity contribution >= 4 is 11.4 Å². The molecular formula is C19H15FN2O3. The molecule has 0 bridgehead atoms. The van der Waals surface area contributed by atoms with Crippen LogP contribution in [0, 0.1) is 5.82 Å². The van der Waals surface area contributed by atoms with Gasteiger partial charge in [0.25, 0.3) is 5.56 Å². The molecule has 2 heterocycles. The summed E-state index contributed by atoms with van der Waals surface area (Å²) in [5.74, 6) is -0.332. The summed E-state index contributed by atoms with van der Waals surface area (Å²) in [7, 11) is 0. The molecule has 25 heavy (non-hydrogen) atoms. The molecule has 4 rings (SSSR count). The highest BCUT2D eigenvalue weighted by Crippen LogP contribution is 2.39. The summed E-state index contributed by atoms with van der Waals surface area (Å²) in [6, 6.07) is 9.43. The Morgan fingerprint density at radius 2 is 2.12 bits per heavy atom. The maximum Gasteiger partial charge on any atom is 0.258 e. The van der Waals surface area contributed by atoms with E-state index in [2.05, 4.69) is 4.98 Å². The first-order chi connectivity index (χ1) is 12.0. The van der Waals surface area contributed by atoms with E-state index in [4.69, 9.17) is 4.74 Å². The van der Waals surface area contributed by atoms with Gasteiger partial charge in [0.05, 0.1) is 11.3 Å². The third-order valence-corrected chi connectivity index (χ3v) is 4.42. The molecule has 1 aromatic carbocycles. The zero-order chi connectivity index (χ0) is 17.6. The van der Waals surface area contributed by atoms with Crippen molar-refractivity contribution in [2.75, 3.05) is 0 Å². The molecule has 0 saturated heterocycles. The van der Waals surface area contributed by atoms with Gasteiger partial charge in [-0.3, -0.25) is 14.0 Å². The van der Waals surface area contributed by atoms with Crippen molar-refractivity contribution in [1.82, 2.24) is 9.38 Å². The number of hydrogen-bond acceptors (Lipinski definition) is 4. The van der Waals surface area contributed by atoms with Gasteiger partial charge in [-0.05, 0) is 30.2 Å². The fraction of sp³-hybridized carbons (Fsp3) is 0.211. The number of fused-ring (bicyclic) bond motifs is 2. The standard InChI is InChI=1S/C19H15FN2O3/c1-11-8-14(23)19-15(6-5-13(20)18(11)19)25-10-12-9-17(24)22-7-3-2-4-16(22)21-12/h2-7,9,11H,8,10H2,1H3. The molecule has 0 saturated carbocycles. The molecule has 1 aliphatic rings. The lowest BCUT2D eigenvalue weighted by Crippen LogP contribution is -2.16. The van der Waals surface area contributed by atoms with E-state index in [1.807, 2.05) is 6.92 Å². The number of halogens is 1. The van der Waals surface area contributed by atoms with E-state index in [1.54, 1.807) is 24.4 Å². The summed E-state index contributed by atoms with van der Waals surface area (Å²) in [5, 5.41) is 0. The van der Waals surface area contributed by atoms with Gasteiger partial charge in [0.15, 0.2) is 5.78 Å². The van der Waals surface area contributed by atoms with Gasteiger partial charge in [-0.2, -0.15) is 0 Å². The number of benzene rings is 1. The lowest BCUT2D eigenvalue weighted by Gasteiger charge is -2.12. The van der Waals surface area contributed by atoms with E-state index in [-0.39, 0.29) is 36.1 Å². The second-order valence-electron chi connectivity index (χ2n) is 6.17. The number of nitrogens with zero attached hydrogens (tertiary/aromatic N) is 2. The van der Waals surface area contributed by atoms with Crippen LogP contribution in [0.25, 0.3) is 5.65 Å². The zero-order valence-electron chi connectivity index (χ0n) is 13.5. The number of pyridine rings is 1. The first-order valence-electron chi connectivity index (χ1n) is 8.00. The van der Waals surface area contributed by atoms with E-state index in [1.165, 1.54) is 22.6 Å². The Balaban J connectivity index is 1.67. The van der Waals surface area contributed by atoms with Crippen molar-refractivity contribution in [2.45, 2.75) is 25.9 Å². The molecule has 3 aromatic rings. The number of hydrogen-bond donors (Lipinski definition) is 0. The zero-order valence-corrected chi connectivity index (χ0v) is 13.5. The molecule has 0 spiro atoms. The van der Waals surface area contributed by atoms with Crippen molar-refractivity contribution in [3.63, 3.8) is 0 Å². The summed E-state index contributed by atoms with van der Waals surface area (Å²) in [6.45, 7) is 1.85. The number of ether oxygens (including phenoxy) is 1. The monoisotopic (exact) mass is 338 g/mol. The molecule has 126 valence electrons. The second kappa shape index (κ2) is 5.81. The minimum Gasteiger partial charge on any atom is -0.487 e. The van der Waals surface area contributed by atoms with Crippen molar-refractivity contribution in [1.29, 1.82) is 0 Å². The smallest absolute Gasteiger partial charge is 0.258 e. The Kier molecular flexibility index (Phi) is 3.60. The minimum atomic E-state index is -0.386. The van der Waals surface area contributed by atoms with Gasteiger partial charge in [0.2, 0.25) is 0 Å². The first kappa shape index (κ1) is 15.5. The van der Waals surface area contributed by atoms with E-state index in [0.717, 1.165) is 0 Å². The number of carbonyl (C=O) groups is 1. The molecule has 2 aromatic heterocycles. The van der Waals surface area contributed by atoms with Crippen LogP contribution in [-0.4, -0.2) is 15.2 Å². The number of aromatic nitrogens is 2. The molecule has 1 aliphatic carbocycles. The highest BCUT2D eigenvalue weighted by Gasteiger charge is 2.32. The molecule has 1 unspecified atom stereocenters. The molecule has 0 radical (unpaired) electrons. The van der Waals surface area contributed by atoms with E-state index >= 15 is 0 Å². The lowest BCUT2D eigenvalue weighted by atomic mass is 10.0. The largest absolute Gasteiger partial charge is 0.487 e. The highest BCUT2D eigenvalue weighted by atomic mass is 19.1. The summed E-state index contributed by atoms with van der Waals surface area (Å²) in [5.41, 5.74) is 1.48. The van der Waals surface area contributed by atoms with Crippen molar-refractivity contribution < 1.29 is 13.9 Å². The second-order valence-corrected chi connectivity index (χ2v) is 6.17. The van der Waals surface area contributed by atoms with Crippen LogP contribution >= 0.6 is 0 Å². The van der Waals surface area contributed by atoms with E-state index in [9.17, 15) is 14.0 Å². The first-order valence-corrected chi connectivity index (χ1v) is 8.00. The van der Waals surface area contributed by atoms with Crippen LogP contribution in [0.4, 0.5) is 4.39 Å². The van der Waals surface area contributed by atoms with Crippen LogP contribution in [0.15, 0.2) is 47.4 Å². The average Bonchev–Trinajstić information content (AvgIpc) is 2.90. The molecule has 0 fully saturated rings. The Morgan fingerprint density at radius 1 is 1.28 bits per heavy atom. The van der Waals surface area contributed by atoms with Crippen molar-refractivity contribution in [2.24, 2.45) is 0 Å². The highest BCUT2D eigenvalue weighted by molar-refractivity contribution is 6.03. The van der Waals surface area contributed by atoms with E-state index < -0.39 is 0 Å². The average molecular weight is 338 g/mol. The molecule has 0 aliphatic heterocycles. The molecular weight excluding hydrogens is 323 g/mol. The van der Waals surface area contributed by atoms with Gasteiger partial charge in [-0.15, -0.1) is 0 Å². The van der Waals surface area contributed by atoms with Gasteiger partial charge < -0.3 is 4.74 Å². The summed E-state index contributed by atoms with van der Waals surface area (Å²) in [4.78, 5) is 28.7. The topological polar surface area (TPSA) is 60.7 Å². The number of rotatable bonds is 3. The normalized spacial score (nSPS) is 16.2. The number of Topliss-reactive ketones (excluding diaryl/α,β-unsaturated/α-hetero) is 1. The fourth-order valence-corrected chi connectivity index (χ4v) is 3.27. The Labute approximate surface area is 142 Å². The molecule has 5 nitrogen and oxygen atoms in total. The van der Waals surface area contributed by atoms with Gasteiger partial charge in [-0.25, -0.2) is 9.37 Å². The van der Waals surface area contributed by atoms with Crippen LogP contribution in [0.1, 0.15) is 40.9 Å². The summed E-state index contributed by atoms with van der Waals surface area (Å²) < 4.78 is 21.2. The molecule has 1 atom stereocenters. The van der Waals surface area contributed by atoms with E-state index in [0.29, 0.717) is 28.2 Å². The van der Waals surface area contributed by atoms with Crippen molar-refractivity contribution in [3.8, 4) is 5.75 Å². The predicted molar refractivity (Wildman–Crippen MR) is 89.6 cm³/mol. The quantitative estimate of drug-likeness (QED) is 0.736. The number of ketones is 1. The van der Waals surface area contributed by atoms with Crippen LogP contribution in [0.3, 0.4) is 0 Å². The Hall–Kier alpha value is -3.02. The van der Waals surface area contributed by atoms with Crippen molar-refractivity contribution in [3.05, 3.63) is 75.6 Å². The van der Waals surface area contributed by atoms with Gasteiger partial charge in [-0.1, -0.05) is 13.0 Å². The fourth-order valence-electron chi connectivity index (χ4n) is 3.27. The van der Waals surface area contributed by atoms with Crippen LogP contribution in [0.5, 0.6) is 5.75 Å². The van der Waals surface area contributed by atoms with Crippen LogP contribution in [0.2, 0.25) is 0 Å². The maximum atomic E-state index is 14.0. The Morgan fingerprint density at radius 3 is 2.96 bits per heavy atom. The third kappa shape index (κ3) is 2.59.